The summed E-state index contributed by atoms with van der Waals surface area (Å²) in [6.07, 6.45) is 1.93. The summed E-state index contributed by atoms with van der Waals surface area (Å²) in [5.41, 5.74) is 5.90. The molecule has 100 valence electrons. The number of benzene rings is 1. The first-order chi connectivity index (χ1) is 8.38. The summed E-state index contributed by atoms with van der Waals surface area (Å²) >= 11 is 6.45. The molecule has 1 aromatic rings. The fourth-order valence-corrected chi connectivity index (χ4v) is 3.24. The van der Waals surface area contributed by atoms with E-state index in [0.717, 1.165) is 0 Å². The lowest BCUT2D eigenvalue weighted by Crippen LogP contribution is -2.31. The predicted octanol–water partition coefficient (Wildman–Crippen LogP) is 1.35. The van der Waals surface area contributed by atoms with Crippen LogP contribution in [0, 0.1) is 0 Å². The maximum Gasteiger partial charge on any atom is 0.241 e. The molecular weight excluding hydrogens is 288 g/mol. The van der Waals surface area contributed by atoms with Crippen molar-refractivity contribution in [2.24, 2.45) is 5.73 Å². The van der Waals surface area contributed by atoms with Crippen LogP contribution >= 0.6 is 24.0 Å². The van der Waals surface area contributed by atoms with E-state index in [4.69, 9.17) is 18.0 Å². The highest BCUT2D eigenvalue weighted by atomic mass is 32.2. The van der Waals surface area contributed by atoms with Crippen LogP contribution < -0.4 is 10.5 Å². The molecule has 0 aliphatic heterocycles. The van der Waals surface area contributed by atoms with E-state index in [9.17, 15) is 8.42 Å². The van der Waals surface area contributed by atoms with E-state index in [-0.39, 0.29) is 15.1 Å². The van der Waals surface area contributed by atoms with Crippen LogP contribution in [0.1, 0.15) is 12.5 Å². The molecule has 0 amide bonds. The van der Waals surface area contributed by atoms with E-state index < -0.39 is 10.0 Å². The molecule has 1 rings (SSSR count). The number of sulfonamides is 1. The maximum absolute atomic E-state index is 12.1. The molecule has 0 aliphatic rings. The summed E-state index contributed by atoms with van der Waals surface area (Å²) in [5.74, 6) is 0. The first-order valence-corrected chi connectivity index (χ1v) is 8.47. The van der Waals surface area contributed by atoms with Crippen LogP contribution in [-0.4, -0.2) is 31.5 Å². The molecule has 0 aliphatic carbocycles. The highest BCUT2D eigenvalue weighted by molar-refractivity contribution is 7.99. The average molecular weight is 304 g/mol. The number of thioether (sulfide) groups is 1. The predicted molar refractivity (Wildman–Crippen MR) is 80.5 cm³/mol. The highest BCUT2D eigenvalue weighted by Gasteiger charge is 2.19. The molecule has 0 aromatic heterocycles. The van der Waals surface area contributed by atoms with E-state index in [1.54, 1.807) is 30.0 Å². The van der Waals surface area contributed by atoms with Crippen molar-refractivity contribution in [2.75, 3.05) is 12.8 Å². The highest BCUT2D eigenvalue weighted by Crippen LogP contribution is 2.15. The topological polar surface area (TPSA) is 72.2 Å². The van der Waals surface area contributed by atoms with Crippen molar-refractivity contribution < 1.29 is 8.42 Å². The molecule has 1 unspecified atom stereocenters. The minimum absolute atomic E-state index is 0.0777. The van der Waals surface area contributed by atoms with Crippen molar-refractivity contribution in [2.45, 2.75) is 17.1 Å². The lowest BCUT2D eigenvalue weighted by molar-refractivity contribution is 0.581. The number of hydrogen-bond acceptors (Lipinski definition) is 4. The normalized spacial score (nSPS) is 13.2. The Morgan fingerprint density at radius 1 is 1.50 bits per heavy atom. The third-order valence-corrected chi connectivity index (χ3v) is 5.08. The molecule has 1 atom stereocenters. The third kappa shape index (κ3) is 3.94. The first-order valence-electron chi connectivity index (χ1n) is 5.29. The van der Waals surface area contributed by atoms with Crippen LogP contribution in [0.5, 0.6) is 0 Å². The van der Waals surface area contributed by atoms with Crippen LogP contribution in [0.4, 0.5) is 0 Å². The maximum atomic E-state index is 12.1. The Morgan fingerprint density at radius 2 is 2.11 bits per heavy atom. The first kappa shape index (κ1) is 15.4. The van der Waals surface area contributed by atoms with Gasteiger partial charge in [0.1, 0.15) is 4.99 Å². The Morgan fingerprint density at radius 3 is 2.67 bits per heavy atom. The van der Waals surface area contributed by atoms with Gasteiger partial charge in [-0.15, -0.1) is 0 Å². The van der Waals surface area contributed by atoms with E-state index in [1.807, 2.05) is 13.2 Å². The molecule has 0 saturated heterocycles. The summed E-state index contributed by atoms with van der Waals surface area (Å²) in [4.78, 5) is 0.208. The minimum atomic E-state index is -3.57. The largest absolute Gasteiger partial charge is 0.389 e. The number of nitrogens with one attached hydrogen (secondary N) is 1. The van der Waals surface area contributed by atoms with Gasteiger partial charge in [0, 0.05) is 17.4 Å². The lowest BCUT2D eigenvalue weighted by atomic mass is 10.2. The molecule has 0 radical (unpaired) electrons. The SMILES string of the molecule is CSC(C)CNS(=O)(=O)c1ccccc1C(N)=S. The second kappa shape index (κ2) is 6.51. The van der Waals surface area contributed by atoms with Gasteiger partial charge >= 0.3 is 0 Å². The number of nitrogens with two attached hydrogens (primary N) is 1. The van der Waals surface area contributed by atoms with Gasteiger partial charge in [-0.2, -0.15) is 11.8 Å². The standard InChI is InChI=1S/C11H16N2O2S3/c1-8(17-2)7-13-18(14,15)10-6-4-3-5-9(10)11(12)16/h3-6,8,13H,7H2,1-2H3,(H2,12,16). The van der Waals surface area contributed by atoms with Gasteiger partial charge in [0.15, 0.2) is 0 Å². The zero-order valence-electron chi connectivity index (χ0n) is 10.2. The summed E-state index contributed by atoms with van der Waals surface area (Å²) in [6, 6.07) is 6.46. The number of thiocarbonyl (C=S) groups is 1. The van der Waals surface area contributed by atoms with Crippen molar-refractivity contribution in [3.63, 3.8) is 0 Å². The van der Waals surface area contributed by atoms with Gasteiger partial charge in [0.05, 0.1) is 4.90 Å². The Balaban J connectivity index is 3.02. The lowest BCUT2D eigenvalue weighted by Gasteiger charge is -2.13. The Labute approximate surface area is 117 Å². The monoisotopic (exact) mass is 304 g/mol. The van der Waals surface area contributed by atoms with Crippen molar-refractivity contribution in [3.05, 3.63) is 29.8 Å². The molecular formula is C11H16N2O2S3. The smallest absolute Gasteiger partial charge is 0.241 e. The van der Waals surface area contributed by atoms with E-state index >= 15 is 0 Å². The zero-order valence-corrected chi connectivity index (χ0v) is 12.7. The van der Waals surface area contributed by atoms with Crippen molar-refractivity contribution in [3.8, 4) is 0 Å². The Hall–Kier alpha value is -0.630. The van der Waals surface area contributed by atoms with Crippen LogP contribution in [0.2, 0.25) is 0 Å². The van der Waals surface area contributed by atoms with Gasteiger partial charge in [0.2, 0.25) is 10.0 Å². The van der Waals surface area contributed by atoms with Crippen molar-refractivity contribution >= 4 is 39.0 Å². The molecule has 0 bridgehead atoms. The van der Waals surface area contributed by atoms with Gasteiger partial charge in [-0.1, -0.05) is 37.3 Å². The van der Waals surface area contributed by atoms with Gasteiger partial charge in [-0.3, -0.25) is 0 Å². The minimum Gasteiger partial charge on any atom is -0.389 e. The second-order valence-corrected chi connectivity index (χ2v) is 7.21. The molecule has 0 fully saturated rings. The average Bonchev–Trinajstić information content (AvgIpc) is 2.36. The van der Waals surface area contributed by atoms with Gasteiger partial charge < -0.3 is 5.73 Å². The van der Waals surface area contributed by atoms with E-state index in [2.05, 4.69) is 4.72 Å². The van der Waals surface area contributed by atoms with Gasteiger partial charge in [-0.05, 0) is 12.3 Å². The Kier molecular flexibility index (Phi) is 5.58. The quantitative estimate of drug-likeness (QED) is 0.776. The van der Waals surface area contributed by atoms with Crippen LogP contribution in [-0.2, 0) is 10.0 Å². The molecule has 18 heavy (non-hydrogen) atoms. The fourth-order valence-electron chi connectivity index (χ4n) is 1.29. The van der Waals surface area contributed by atoms with E-state index in [1.165, 1.54) is 6.07 Å². The number of hydrogen-bond donors (Lipinski definition) is 2. The van der Waals surface area contributed by atoms with Crippen LogP contribution in [0.3, 0.4) is 0 Å². The molecule has 0 heterocycles. The molecule has 0 saturated carbocycles. The van der Waals surface area contributed by atoms with Crippen molar-refractivity contribution in [1.29, 1.82) is 0 Å². The molecule has 4 nitrogen and oxygen atoms in total. The molecule has 0 spiro atoms. The summed E-state index contributed by atoms with van der Waals surface area (Å²) in [7, 11) is -3.57. The van der Waals surface area contributed by atoms with Gasteiger partial charge in [0.25, 0.3) is 0 Å². The molecule has 1 aromatic carbocycles. The summed E-state index contributed by atoms with van der Waals surface area (Å²) in [6.45, 7) is 2.32. The number of rotatable bonds is 6. The van der Waals surface area contributed by atoms with Gasteiger partial charge in [-0.25, -0.2) is 13.1 Å². The van der Waals surface area contributed by atoms with Crippen LogP contribution in [0.25, 0.3) is 0 Å². The van der Waals surface area contributed by atoms with E-state index in [0.29, 0.717) is 12.1 Å². The zero-order chi connectivity index (χ0) is 13.8. The second-order valence-electron chi connectivity index (χ2n) is 3.76. The fraction of sp³-hybridized carbons (Fsp3) is 0.364. The van der Waals surface area contributed by atoms with Crippen molar-refractivity contribution in [1.82, 2.24) is 4.72 Å². The summed E-state index contributed by atoms with van der Waals surface area (Å²) in [5, 5.41) is 0.205. The Bertz CT molecular complexity index is 529. The summed E-state index contributed by atoms with van der Waals surface area (Å²) < 4.78 is 26.8. The molecule has 3 N–H and O–H groups in total. The van der Waals surface area contributed by atoms with Crippen LogP contribution in [0.15, 0.2) is 29.2 Å². The third-order valence-electron chi connectivity index (χ3n) is 2.41. The molecule has 7 heteroatoms.